The summed E-state index contributed by atoms with van der Waals surface area (Å²) < 4.78 is 6.78. The molecule has 1 N–H and O–H groups in total. The molecular formula is C10H14N4O2. The molecule has 0 amide bonds. The first-order chi connectivity index (χ1) is 7.61. The molecule has 2 aromatic rings. The highest BCUT2D eigenvalue weighted by Gasteiger charge is 2.17. The minimum Gasteiger partial charge on any atom is -0.385 e. The molecule has 0 saturated carbocycles. The Hall–Kier alpha value is -1.69. The zero-order valence-corrected chi connectivity index (χ0v) is 9.51. The van der Waals surface area contributed by atoms with Crippen LogP contribution in [0.1, 0.15) is 31.0 Å². The fraction of sp³-hybridized carbons (Fsp3) is 0.500. The van der Waals surface area contributed by atoms with Crippen molar-refractivity contribution in [3.8, 4) is 11.5 Å². The predicted molar refractivity (Wildman–Crippen MR) is 56.5 cm³/mol. The monoisotopic (exact) mass is 222 g/mol. The normalized spacial score (nSPS) is 13.0. The highest BCUT2D eigenvalue weighted by molar-refractivity contribution is 5.54. The lowest BCUT2D eigenvalue weighted by Crippen LogP contribution is -1.97. The number of aromatic nitrogens is 4. The van der Waals surface area contributed by atoms with Crippen LogP contribution in [0.5, 0.6) is 0 Å². The van der Waals surface area contributed by atoms with E-state index in [1.54, 1.807) is 4.68 Å². The second-order valence-electron chi connectivity index (χ2n) is 3.68. The Morgan fingerprint density at radius 2 is 2.31 bits per heavy atom. The summed E-state index contributed by atoms with van der Waals surface area (Å²) in [5.41, 5.74) is 1.62. The van der Waals surface area contributed by atoms with Gasteiger partial charge in [0.2, 0.25) is 5.82 Å². The van der Waals surface area contributed by atoms with Crippen LogP contribution in [0.4, 0.5) is 0 Å². The van der Waals surface area contributed by atoms with Gasteiger partial charge in [0.1, 0.15) is 6.10 Å². The molecule has 1 unspecified atom stereocenters. The van der Waals surface area contributed by atoms with E-state index < -0.39 is 6.10 Å². The molecule has 1 atom stereocenters. The first kappa shape index (κ1) is 10.8. The highest BCUT2D eigenvalue weighted by Crippen LogP contribution is 2.22. The van der Waals surface area contributed by atoms with Gasteiger partial charge < -0.3 is 9.63 Å². The molecule has 2 rings (SSSR count). The molecule has 2 aromatic heterocycles. The molecule has 0 aromatic carbocycles. The Bertz CT molecular complexity index is 489. The summed E-state index contributed by atoms with van der Waals surface area (Å²) in [4.78, 5) is 4.14. The summed E-state index contributed by atoms with van der Waals surface area (Å²) >= 11 is 0. The van der Waals surface area contributed by atoms with Gasteiger partial charge in [0.25, 0.3) is 5.89 Å². The van der Waals surface area contributed by atoms with Crippen molar-refractivity contribution in [3.05, 3.63) is 17.7 Å². The Morgan fingerprint density at radius 3 is 2.88 bits per heavy atom. The van der Waals surface area contributed by atoms with Gasteiger partial charge in [-0.25, -0.2) is 0 Å². The fourth-order valence-electron chi connectivity index (χ4n) is 1.47. The van der Waals surface area contributed by atoms with Crippen LogP contribution in [-0.4, -0.2) is 25.0 Å². The zero-order chi connectivity index (χ0) is 11.7. The Labute approximate surface area is 92.9 Å². The van der Waals surface area contributed by atoms with Crippen molar-refractivity contribution >= 4 is 0 Å². The third-order valence-corrected chi connectivity index (χ3v) is 2.37. The van der Waals surface area contributed by atoms with Gasteiger partial charge in [0, 0.05) is 13.2 Å². The fourth-order valence-corrected chi connectivity index (χ4v) is 1.47. The number of hydrogen-bond donors (Lipinski definition) is 1. The lowest BCUT2D eigenvalue weighted by atomic mass is 10.2. The molecule has 0 saturated heterocycles. The van der Waals surface area contributed by atoms with Gasteiger partial charge in [-0.2, -0.15) is 10.1 Å². The molecule has 6 heteroatoms. The second kappa shape index (κ2) is 4.05. The van der Waals surface area contributed by atoms with E-state index in [0.717, 1.165) is 11.3 Å². The van der Waals surface area contributed by atoms with Gasteiger partial charge in [0.15, 0.2) is 0 Å². The molecule has 86 valence electrons. The van der Waals surface area contributed by atoms with E-state index in [1.807, 2.05) is 27.1 Å². The van der Waals surface area contributed by atoms with E-state index in [2.05, 4.69) is 15.2 Å². The molecule has 0 radical (unpaired) electrons. The van der Waals surface area contributed by atoms with Gasteiger partial charge in [-0.1, -0.05) is 12.1 Å². The largest absolute Gasteiger partial charge is 0.385 e. The summed E-state index contributed by atoms with van der Waals surface area (Å²) in [7, 11) is 1.83. The summed E-state index contributed by atoms with van der Waals surface area (Å²) in [5.74, 6) is 0.717. The van der Waals surface area contributed by atoms with Crippen molar-refractivity contribution in [2.75, 3.05) is 0 Å². The number of nitrogens with zero attached hydrogens (tertiary/aromatic N) is 4. The Kier molecular flexibility index (Phi) is 2.74. The SMILES string of the molecule is CCC(O)c1noc(-c2cn(C)nc2C)n1. The van der Waals surface area contributed by atoms with E-state index >= 15 is 0 Å². The molecule has 0 fully saturated rings. The van der Waals surface area contributed by atoms with E-state index in [0.29, 0.717) is 18.1 Å². The van der Waals surface area contributed by atoms with Gasteiger partial charge in [0.05, 0.1) is 11.3 Å². The van der Waals surface area contributed by atoms with Crippen LogP contribution in [0, 0.1) is 6.92 Å². The van der Waals surface area contributed by atoms with Crippen molar-refractivity contribution in [3.63, 3.8) is 0 Å². The summed E-state index contributed by atoms with van der Waals surface area (Å²) in [5, 5.41) is 17.5. The van der Waals surface area contributed by atoms with Gasteiger partial charge in [-0.3, -0.25) is 4.68 Å². The third-order valence-electron chi connectivity index (χ3n) is 2.37. The lowest BCUT2D eigenvalue weighted by molar-refractivity contribution is 0.159. The first-order valence-corrected chi connectivity index (χ1v) is 5.14. The van der Waals surface area contributed by atoms with Crippen molar-refractivity contribution in [1.82, 2.24) is 19.9 Å². The minimum absolute atomic E-state index is 0.320. The van der Waals surface area contributed by atoms with Crippen LogP contribution in [0.25, 0.3) is 11.5 Å². The molecule has 0 aliphatic heterocycles. The van der Waals surface area contributed by atoms with Gasteiger partial charge in [-0.15, -0.1) is 0 Å². The number of aliphatic hydroxyl groups is 1. The Balaban J connectivity index is 2.35. The van der Waals surface area contributed by atoms with E-state index in [9.17, 15) is 5.11 Å². The van der Waals surface area contributed by atoms with Gasteiger partial charge in [-0.05, 0) is 13.3 Å². The lowest BCUT2D eigenvalue weighted by Gasteiger charge is -1.97. The molecule has 0 spiro atoms. The van der Waals surface area contributed by atoms with Crippen molar-refractivity contribution in [2.24, 2.45) is 7.05 Å². The minimum atomic E-state index is -0.672. The molecule has 6 nitrogen and oxygen atoms in total. The summed E-state index contributed by atoms with van der Waals surface area (Å²) in [6.45, 7) is 3.73. The topological polar surface area (TPSA) is 77.0 Å². The average Bonchev–Trinajstić information content (AvgIpc) is 2.83. The average molecular weight is 222 g/mol. The third kappa shape index (κ3) is 1.83. The van der Waals surface area contributed by atoms with Crippen molar-refractivity contribution in [1.29, 1.82) is 0 Å². The van der Waals surface area contributed by atoms with E-state index in [-0.39, 0.29) is 0 Å². The summed E-state index contributed by atoms with van der Waals surface area (Å²) in [6.07, 6.45) is 1.70. The summed E-state index contributed by atoms with van der Waals surface area (Å²) in [6, 6.07) is 0. The molecular weight excluding hydrogens is 208 g/mol. The van der Waals surface area contributed by atoms with Gasteiger partial charge >= 0.3 is 0 Å². The maximum absolute atomic E-state index is 9.56. The smallest absolute Gasteiger partial charge is 0.261 e. The molecule has 0 aliphatic carbocycles. The van der Waals surface area contributed by atoms with E-state index in [4.69, 9.17) is 4.52 Å². The molecule has 2 heterocycles. The first-order valence-electron chi connectivity index (χ1n) is 5.14. The maximum Gasteiger partial charge on any atom is 0.261 e. The van der Waals surface area contributed by atoms with Crippen molar-refractivity contribution < 1.29 is 9.63 Å². The van der Waals surface area contributed by atoms with Crippen LogP contribution < -0.4 is 0 Å². The maximum atomic E-state index is 9.56. The number of rotatable bonds is 3. The predicted octanol–water partition coefficient (Wildman–Crippen LogP) is 1.22. The molecule has 0 aliphatic rings. The number of hydrogen-bond acceptors (Lipinski definition) is 5. The van der Waals surface area contributed by atoms with Crippen LogP contribution in [-0.2, 0) is 7.05 Å². The second-order valence-corrected chi connectivity index (χ2v) is 3.68. The van der Waals surface area contributed by atoms with Crippen LogP contribution >= 0.6 is 0 Å². The zero-order valence-electron chi connectivity index (χ0n) is 9.51. The Morgan fingerprint density at radius 1 is 1.56 bits per heavy atom. The molecule has 16 heavy (non-hydrogen) atoms. The highest BCUT2D eigenvalue weighted by atomic mass is 16.5. The number of aryl methyl sites for hydroxylation is 2. The van der Waals surface area contributed by atoms with Crippen LogP contribution in [0.15, 0.2) is 10.7 Å². The van der Waals surface area contributed by atoms with Crippen molar-refractivity contribution in [2.45, 2.75) is 26.4 Å². The number of aliphatic hydroxyl groups excluding tert-OH is 1. The molecule has 0 bridgehead atoms. The quantitative estimate of drug-likeness (QED) is 0.844. The van der Waals surface area contributed by atoms with Crippen LogP contribution in [0.2, 0.25) is 0 Å². The van der Waals surface area contributed by atoms with E-state index in [1.165, 1.54) is 0 Å². The van der Waals surface area contributed by atoms with Crippen LogP contribution in [0.3, 0.4) is 0 Å². The standard InChI is InChI=1S/C10H14N4O2/c1-4-8(15)9-11-10(16-13-9)7-5-14(3)12-6(7)2/h5,8,15H,4H2,1-3H3.